The van der Waals surface area contributed by atoms with Crippen molar-refractivity contribution < 1.29 is 14.3 Å². The van der Waals surface area contributed by atoms with Gasteiger partial charge in [0.2, 0.25) is 12.7 Å². The third-order valence-electron chi connectivity index (χ3n) is 5.19. The molecule has 26 heavy (non-hydrogen) atoms. The number of hydrogen-bond donors (Lipinski definition) is 1. The molecule has 7 nitrogen and oxygen atoms in total. The van der Waals surface area contributed by atoms with Crippen molar-refractivity contribution in [3.63, 3.8) is 0 Å². The number of carbonyl (C=O) groups is 1. The van der Waals surface area contributed by atoms with Gasteiger partial charge >= 0.3 is 0 Å². The summed E-state index contributed by atoms with van der Waals surface area (Å²) in [5.41, 5.74) is 2.17. The predicted octanol–water partition coefficient (Wildman–Crippen LogP) is 1.50. The number of carbonyl (C=O) groups excluding carboxylic acids is 1. The second-order valence-electron chi connectivity index (χ2n) is 6.86. The molecule has 0 unspecified atom stereocenters. The average Bonchev–Trinajstić information content (AvgIpc) is 3.38. The molecule has 2 aromatic rings. The van der Waals surface area contributed by atoms with Crippen LogP contribution in [-0.4, -0.2) is 47.0 Å². The highest BCUT2D eigenvalue weighted by molar-refractivity contribution is 5.80. The predicted molar refractivity (Wildman–Crippen MR) is 96.0 cm³/mol. The molecule has 2 aliphatic heterocycles. The summed E-state index contributed by atoms with van der Waals surface area (Å²) in [6.45, 7) is 5.04. The van der Waals surface area contributed by atoms with Gasteiger partial charge in [-0.15, -0.1) is 0 Å². The molecular formula is C19H24N4O3. The first kappa shape index (κ1) is 16.9. The lowest BCUT2D eigenvalue weighted by Gasteiger charge is -2.27. The second kappa shape index (κ2) is 6.99. The van der Waals surface area contributed by atoms with Crippen molar-refractivity contribution >= 4 is 5.91 Å². The van der Waals surface area contributed by atoms with E-state index in [2.05, 4.69) is 10.4 Å². The van der Waals surface area contributed by atoms with Gasteiger partial charge in [0.05, 0.1) is 12.1 Å². The molecule has 1 saturated heterocycles. The summed E-state index contributed by atoms with van der Waals surface area (Å²) in [6, 6.07) is 5.87. The summed E-state index contributed by atoms with van der Waals surface area (Å²) in [5.74, 6) is 1.81. The number of aromatic nitrogens is 2. The van der Waals surface area contributed by atoms with E-state index < -0.39 is 0 Å². The quantitative estimate of drug-likeness (QED) is 0.879. The van der Waals surface area contributed by atoms with Crippen LogP contribution in [0, 0.1) is 5.92 Å². The monoisotopic (exact) mass is 356 g/mol. The van der Waals surface area contributed by atoms with Crippen molar-refractivity contribution in [3.8, 4) is 11.5 Å². The Morgan fingerprint density at radius 2 is 2.19 bits per heavy atom. The number of aryl methyl sites for hydroxylation is 1. The Bertz CT molecular complexity index is 804. The van der Waals surface area contributed by atoms with Crippen LogP contribution in [0.5, 0.6) is 11.5 Å². The highest BCUT2D eigenvalue weighted by Gasteiger charge is 2.36. The largest absolute Gasteiger partial charge is 0.454 e. The number of ether oxygens (including phenoxy) is 2. The van der Waals surface area contributed by atoms with E-state index in [0.717, 1.165) is 29.2 Å². The lowest BCUT2D eigenvalue weighted by atomic mass is 9.89. The Balaban J connectivity index is 1.49. The zero-order valence-electron chi connectivity index (χ0n) is 15.1. The minimum absolute atomic E-state index is 0.0619. The van der Waals surface area contributed by atoms with E-state index in [-0.39, 0.29) is 24.5 Å². The summed E-state index contributed by atoms with van der Waals surface area (Å²) in [5, 5.41) is 7.63. The second-order valence-corrected chi connectivity index (χ2v) is 6.86. The third kappa shape index (κ3) is 3.14. The Morgan fingerprint density at radius 3 is 2.96 bits per heavy atom. The summed E-state index contributed by atoms with van der Waals surface area (Å²) in [4.78, 5) is 15.1. The maximum absolute atomic E-state index is 13.2. The van der Waals surface area contributed by atoms with Gasteiger partial charge in [-0.1, -0.05) is 6.07 Å². The number of hydrogen-bond acceptors (Lipinski definition) is 5. The van der Waals surface area contributed by atoms with Gasteiger partial charge in [0.25, 0.3) is 0 Å². The fourth-order valence-electron chi connectivity index (χ4n) is 3.76. The van der Waals surface area contributed by atoms with E-state index in [1.807, 2.05) is 49.5 Å². The fourth-order valence-corrected chi connectivity index (χ4v) is 3.76. The van der Waals surface area contributed by atoms with Gasteiger partial charge in [0, 0.05) is 45.3 Å². The summed E-state index contributed by atoms with van der Waals surface area (Å²) < 4.78 is 12.6. The zero-order chi connectivity index (χ0) is 18.1. The number of benzene rings is 1. The molecule has 1 fully saturated rings. The first-order chi connectivity index (χ1) is 12.7. The van der Waals surface area contributed by atoms with E-state index >= 15 is 0 Å². The standard InChI is InChI=1S/C19H24N4O3/c1-3-23(10-13-4-5-17-18(6-13)26-12-25-17)19(24)16-9-20-8-15(16)14-7-21-22(2)11-14/h4-7,11,15-16,20H,3,8-10,12H2,1-2H3/t15-,16+/m1/s1. The molecule has 1 N–H and O–H groups in total. The van der Waals surface area contributed by atoms with Crippen molar-refractivity contribution in [3.05, 3.63) is 41.7 Å². The number of amides is 1. The molecule has 2 aliphatic rings. The topological polar surface area (TPSA) is 68.6 Å². The van der Waals surface area contributed by atoms with Crippen molar-refractivity contribution in [2.75, 3.05) is 26.4 Å². The van der Waals surface area contributed by atoms with Gasteiger partial charge in [-0.25, -0.2) is 0 Å². The molecule has 0 bridgehead atoms. The van der Waals surface area contributed by atoms with Gasteiger partial charge in [-0.05, 0) is 30.2 Å². The number of nitrogens with one attached hydrogen (secondary N) is 1. The Morgan fingerprint density at radius 1 is 1.35 bits per heavy atom. The van der Waals surface area contributed by atoms with Crippen LogP contribution in [0.4, 0.5) is 0 Å². The Kier molecular flexibility index (Phi) is 4.55. The zero-order valence-corrected chi connectivity index (χ0v) is 15.1. The molecule has 0 saturated carbocycles. The number of nitrogens with zero attached hydrogens (tertiary/aromatic N) is 3. The molecule has 2 atom stereocenters. The molecule has 4 rings (SSSR count). The molecule has 0 aliphatic carbocycles. The minimum atomic E-state index is -0.0619. The van der Waals surface area contributed by atoms with E-state index in [0.29, 0.717) is 19.6 Å². The van der Waals surface area contributed by atoms with Gasteiger partial charge in [0.15, 0.2) is 11.5 Å². The van der Waals surface area contributed by atoms with Crippen molar-refractivity contribution in [2.24, 2.45) is 13.0 Å². The van der Waals surface area contributed by atoms with Crippen LogP contribution < -0.4 is 14.8 Å². The van der Waals surface area contributed by atoms with Gasteiger partial charge in [-0.3, -0.25) is 9.48 Å². The van der Waals surface area contributed by atoms with Crippen LogP contribution in [0.25, 0.3) is 0 Å². The summed E-state index contributed by atoms with van der Waals surface area (Å²) in [7, 11) is 1.90. The third-order valence-corrected chi connectivity index (χ3v) is 5.19. The maximum Gasteiger partial charge on any atom is 0.231 e. The lowest BCUT2D eigenvalue weighted by molar-refractivity contribution is -0.135. The van der Waals surface area contributed by atoms with E-state index in [1.165, 1.54) is 0 Å². The molecule has 1 amide bonds. The van der Waals surface area contributed by atoms with Crippen LogP contribution in [0.3, 0.4) is 0 Å². The van der Waals surface area contributed by atoms with Crippen LogP contribution in [-0.2, 0) is 18.4 Å². The SMILES string of the molecule is CCN(Cc1ccc2c(c1)OCO2)C(=O)[C@H]1CNC[C@@H]1c1cnn(C)c1. The van der Waals surface area contributed by atoms with Crippen LogP contribution in [0.1, 0.15) is 24.0 Å². The van der Waals surface area contributed by atoms with Crippen LogP contribution >= 0.6 is 0 Å². The van der Waals surface area contributed by atoms with E-state index in [9.17, 15) is 4.79 Å². The highest BCUT2D eigenvalue weighted by atomic mass is 16.7. The molecule has 7 heteroatoms. The number of rotatable bonds is 5. The number of fused-ring (bicyclic) bond motifs is 1. The first-order valence-electron chi connectivity index (χ1n) is 9.02. The highest BCUT2D eigenvalue weighted by Crippen LogP contribution is 2.33. The van der Waals surface area contributed by atoms with Gasteiger partial charge < -0.3 is 19.7 Å². The maximum atomic E-state index is 13.2. The minimum Gasteiger partial charge on any atom is -0.454 e. The van der Waals surface area contributed by atoms with Crippen molar-refractivity contribution in [1.29, 1.82) is 0 Å². The van der Waals surface area contributed by atoms with Crippen LogP contribution in [0.15, 0.2) is 30.6 Å². The summed E-state index contributed by atoms with van der Waals surface area (Å²) >= 11 is 0. The van der Waals surface area contributed by atoms with E-state index in [4.69, 9.17) is 9.47 Å². The lowest BCUT2D eigenvalue weighted by Crippen LogP contribution is -2.38. The first-order valence-corrected chi connectivity index (χ1v) is 9.02. The van der Waals surface area contributed by atoms with Gasteiger partial charge in [0.1, 0.15) is 0 Å². The van der Waals surface area contributed by atoms with Crippen molar-refractivity contribution in [2.45, 2.75) is 19.4 Å². The molecular weight excluding hydrogens is 332 g/mol. The molecule has 1 aromatic carbocycles. The molecule has 0 spiro atoms. The average molecular weight is 356 g/mol. The van der Waals surface area contributed by atoms with Crippen molar-refractivity contribution in [1.82, 2.24) is 20.0 Å². The molecule has 1 aromatic heterocycles. The van der Waals surface area contributed by atoms with Gasteiger partial charge in [-0.2, -0.15) is 5.10 Å². The normalized spacial score (nSPS) is 21.2. The van der Waals surface area contributed by atoms with E-state index in [1.54, 1.807) is 4.68 Å². The Labute approximate surface area is 152 Å². The molecule has 0 radical (unpaired) electrons. The van der Waals surface area contributed by atoms with Crippen LogP contribution in [0.2, 0.25) is 0 Å². The Hall–Kier alpha value is -2.54. The molecule has 3 heterocycles. The molecule has 138 valence electrons. The summed E-state index contributed by atoms with van der Waals surface area (Å²) in [6.07, 6.45) is 3.87. The fraction of sp³-hybridized carbons (Fsp3) is 0.474. The smallest absolute Gasteiger partial charge is 0.231 e.